The molecule has 3 aliphatic rings. The lowest BCUT2D eigenvalue weighted by Gasteiger charge is -2.32. The highest BCUT2D eigenvalue weighted by molar-refractivity contribution is 5.83. The fourth-order valence-electron chi connectivity index (χ4n) is 4.45. The number of likely N-dealkylation sites (tertiary alicyclic amines) is 2. The molecule has 3 aliphatic heterocycles. The van der Waals surface area contributed by atoms with Crippen LogP contribution in [0.1, 0.15) is 80.1 Å². The van der Waals surface area contributed by atoms with Crippen molar-refractivity contribution in [2.45, 2.75) is 80.1 Å². The van der Waals surface area contributed by atoms with Gasteiger partial charge in [-0.2, -0.15) is 0 Å². The first-order valence-electron chi connectivity index (χ1n) is 14.9. The van der Waals surface area contributed by atoms with Gasteiger partial charge in [0, 0.05) is 43.9 Å². The summed E-state index contributed by atoms with van der Waals surface area (Å²) in [7, 11) is 2.13. The maximum Gasteiger partial charge on any atom is 0.149 e. The van der Waals surface area contributed by atoms with Gasteiger partial charge in [-0.05, 0) is 58.9 Å². The van der Waals surface area contributed by atoms with Crippen LogP contribution in [0.15, 0.2) is 0 Å². The number of piperazine rings is 1. The third-order valence-electron chi connectivity index (χ3n) is 7.56. The van der Waals surface area contributed by atoms with E-state index in [-0.39, 0.29) is 17.8 Å². The summed E-state index contributed by atoms with van der Waals surface area (Å²) in [6, 6.07) is 0. The van der Waals surface area contributed by atoms with Gasteiger partial charge in [-0.15, -0.1) is 0 Å². The summed E-state index contributed by atoms with van der Waals surface area (Å²) in [6.45, 7) is 22.6. The quantitative estimate of drug-likeness (QED) is 0.456. The number of likely N-dealkylation sites (N-methyl/N-ethyl adjacent to an activating group) is 1. The van der Waals surface area contributed by atoms with Crippen molar-refractivity contribution < 1.29 is 14.4 Å². The number of piperidine rings is 2. The molecule has 3 saturated heterocycles. The molecule has 0 radical (unpaired) electrons. The van der Waals surface area contributed by atoms with E-state index in [0.29, 0.717) is 37.0 Å². The van der Waals surface area contributed by atoms with Gasteiger partial charge in [-0.25, -0.2) is 0 Å². The zero-order chi connectivity index (χ0) is 27.8. The maximum atomic E-state index is 11.4. The average Bonchev–Trinajstić information content (AvgIpc) is 2.87. The zero-order valence-corrected chi connectivity index (χ0v) is 25.3. The Morgan fingerprint density at radius 1 is 0.459 bits per heavy atom. The molecule has 37 heavy (non-hydrogen) atoms. The molecule has 3 fully saturated rings. The number of hydrogen-bond donors (Lipinski definition) is 0. The van der Waals surface area contributed by atoms with Gasteiger partial charge in [0.15, 0.2) is 0 Å². The van der Waals surface area contributed by atoms with E-state index in [9.17, 15) is 14.4 Å². The Labute approximate surface area is 228 Å². The predicted molar refractivity (Wildman–Crippen MR) is 154 cm³/mol. The largest absolute Gasteiger partial charge is 0.304 e. The van der Waals surface area contributed by atoms with E-state index >= 15 is 0 Å². The van der Waals surface area contributed by atoms with Crippen LogP contribution in [0.4, 0.5) is 0 Å². The SMILES string of the molecule is CC(C)C(=O)CN1CCCCC1.CC(C)C(=O)CN1CCCCC1.CC(C)C(=O)CN1CCN(C)CC1. The molecule has 0 aromatic heterocycles. The van der Waals surface area contributed by atoms with Crippen molar-refractivity contribution >= 4 is 17.3 Å². The summed E-state index contributed by atoms with van der Waals surface area (Å²) >= 11 is 0. The average molecular weight is 523 g/mol. The Hall–Kier alpha value is -1.15. The summed E-state index contributed by atoms with van der Waals surface area (Å²) in [4.78, 5) is 43.3. The number of carbonyl (C=O) groups excluding carboxylic acids is 3. The van der Waals surface area contributed by atoms with E-state index in [1.807, 2.05) is 41.5 Å². The van der Waals surface area contributed by atoms with Gasteiger partial charge >= 0.3 is 0 Å². The first-order valence-corrected chi connectivity index (χ1v) is 14.9. The third-order valence-corrected chi connectivity index (χ3v) is 7.56. The van der Waals surface area contributed by atoms with E-state index in [0.717, 1.165) is 52.4 Å². The molecular formula is C30H58N4O3. The lowest BCUT2D eigenvalue weighted by atomic mass is 10.1. The topological polar surface area (TPSA) is 64.2 Å². The van der Waals surface area contributed by atoms with Gasteiger partial charge in [-0.3, -0.25) is 29.1 Å². The van der Waals surface area contributed by atoms with E-state index in [2.05, 4.69) is 26.6 Å². The fraction of sp³-hybridized carbons (Fsp3) is 0.900. The number of Topliss-reactive ketones (excluding diaryl/α,β-unsaturated/α-hetero) is 3. The minimum absolute atomic E-state index is 0.180. The van der Waals surface area contributed by atoms with Crippen molar-refractivity contribution in [2.75, 3.05) is 79.0 Å². The monoisotopic (exact) mass is 522 g/mol. The highest BCUT2D eigenvalue weighted by Crippen LogP contribution is 2.10. The second-order valence-corrected chi connectivity index (χ2v) is 12.1. The molecule has 0 N–H and O–H groups in total. The molecule has 0 unspecified atom stereocenters. The summed E-state index contributed by atoms with van der Waals surface area (Å²) in [5.74, 6) is 1.72. The zero-order valence-electron chi connectivity index (χ0n) is 25.3. The van der Waals surface area contributed by atoms with Crippen LogP contribution in [-0.4, -0.2) is 116 Å². The van der Waals surface area contributed by atoms with Crippen molar-refractivity contribution in [3.05, 3.63) is 0 Å². The van der Waals surface area contributed by atoms with E-state index in [1.165, 1.54) is 38.5 Å². The van der Waals surface area contributed by atoms with Crippen LogP contribution in [0.5, 0.6) is 0 Å². The van der Waals surface area contributed by atoms with Crippen LogP contribution in [0.3, 0.4) is 0 Å². The van der Waals surface area contributed by atoms with Gasteiger partial charge < -0.3 is 4.90 Å². The molecule has 0 aliphatic carbocycles. The second-order valence-electron chi connectivity index (χ2n) is 12.1. The minimum Gasteiger partial charge on any atom is -0.304 e. The molecule has 7 nitrogen and oxygen atoms in total. The first kappa shape index (κ1) is 33.9. The summed E-state index contributed by atoms with van der Waals surface area (Å²) < 4.78 is 0. The van der Waals surface area contributed by atoms with Crippen LogP contribution in [-0.2, 0) is 14.4 Å². The van der Waals surface area contributed by atoms with Gasteiger partial charge in [0.1, 0.15) is 17.3 Å². The highest BCUT2D eigenvalue weighted by atomic mass is 16.1. The molecule has 3 heterocycles. The van der Waals surface area contributed by atoms with Crippen molar-refractivity contribution in [3.8, 4) is 0 Å². The predicted octanol–water partition coefficient (Wildman–Crippen LogP) is 3.85. The minimum atomic E-state index is 0.180. The number of nitrogens with zero attached hydrogens (tertiary/aromatic N) is 4. The summed E-state index contributed by atoms with van der Waals surface area (Å²) in [5, 5.41) is 0. The molecule has 0 spiro atoms. The van der Waals surface area contributed by atoms with Crippen LogP contribution in [0.25, 0.3) is 0 Å². The van der Waals surface area contributed by atoms with Crippen molar-refractivity contribution in [1.29, 1.82) is 0 Å². The van der Waals surface area contributed by atoms with Crippen molar-refractivity contribution in [1.82, 2.24) is 19.6 Å². The van der Waals surface area contributed by atoms with Crippen LogP contribution < -0.4 is 0 Å². The molecule has 0 amide bonds. The third kappa shape index (κ3) is 15.8. The van der Waals surface area contributed by atoms with Crippen molar-refractivity contribution in [2.24, 2.45) is 17.8 Å². The van der Waals surface area contributed by atoms with Gasteiger partial charge in [0.25, 0.3) is 0 Å². The Bertz CT molecular complexity index is 609. The fourth-order valence-corrected chi connectivity index (χ4v) is 4.45. The molecule has 0 saturated carbocycles. The molecule has 216 valence electrons. The van der Waals surface area contributed by atoms with E-state index < -0.39 is 0 Å². The molecule has 0 atom stereocenters. The number of rotatable bonds is 9. The molecule has 7 heteroatoms. The standard InChI is InChI=1S/C10H20N2O.2C10H19NO/c1-9(2)10(13)8-12-6-4-11(3)5-7-12;2*1-9(2)10(12)8-11-6-4-3-5-7-11/h9H,4-8H2,1-3H3;2*9H,3-8H2,1-2H3. The van der Waals surface area contributed by atoms with Crippen LogP contribution in [0.2, 0.25) is 0 Å². The number of carbonyl (C=O) groups is 3. The smallest absolute Gasteiger partial charge is 0.149 e. The molecule has 0 bridgehead atoms. The van der Waals surface area contributed by atoms with Crippen LogP contribution in [0, 0.1) is 17.8 Å². The first-order chi connectivity index (χ1) is 17.5. The Balaban J connectivity index is 0.000000278. The molecule has 0 aromatic carbocycles. The summed E-state index contributed by atoms with van der Waals surface area (Å²) in [5.41, 5.74) is 0. The van der Waals surface area contributed by atoms with E-state index in [4.69, 9.17) is 0 Å². The van der Waals surface area contributed by atoms with Gasteiger partial charge in [0.05, 0.1) is 19.6 Å². The van der Waals surface area contributed by atoms with Crippen LogP contribution >= 0.6 is 0 Å². The molecule has 3 rings (SSSR count). The second kappa shape index (κ2) is 19.0. The van der Waals surface area contributed by atoms with Gasteiger partial charge in [0.2, 0.25) is 0 Å². The molecule has 0 aromatic rings. The normalized spacial score (nSPS) is 20.3. The van der Waals surface area contributed by atoms with Crippen molar-refractivity contribution in [3.63, 3.8) is 0 Å². The highest BCUT2D eigenvalue weighted by Gasteiger charge is 2.18. The Morgan fingerprint density at radius 3 is 1.00 bits per heavy atom. The van der Waals surface area contributed by atoms with E-state index in [1.54, 1.807) is 0 Å². The summed E-state index contributed by atoms with van der Waals surface area (Å²) in [6.07, 6.45) is 7.76. The lowest BCUT2D eigenvalue weighted by Crippen LogP contribution is -2.46. The lowest BCUT2D eigenvalue weighted by molar-refractivity contribution is -0.124. The Morgan fingerprint density at radius 2 is 0.730 bits per heavy atom. The number of hydrogen-bond acceptors (Lipinski definition) is 7. The van der Waals surface area contributed by atoms with Gasteiger partial charge in [-0.1, -0.05) is 54.4 Å². The molecular weight excluding hydrogens is 464 g/mol. The maximum absolute atomic E-state index is 11.4. The Kier molecular flexibility index (Phi) is 17.4. The number of ketones is 3.